The number of carbonyl (C=O) groups excluding carboxylic acids is 2. The Morgan fingerprint density at radius 3 is 2.59 bits per heavy atom. The minimum Gasteiger partial charge on any atom is -0.340 e. The third kappa shape index (κ3) is 2.65. The molecule has 2 aliphatic heterocycles. The van der Waals surface area contributed by atoms with Crippen LogP contribution in [0.2, 0.25) is 0 Å². The summed E-state index contributed by atoms with van der Waals surface area (Å²) in [6, 6.07) is 11.1. The summed E-state index contributed by atoms with van der Waals surface area (Å²) in [5.41, 5.74) is 3.12. The first-order valence-corrected chi connectivity index (χ1v) is 10.8. The average Bonchev–Trinajstić information content (AvgIpc) is 3.61. The van der Waals surface area contributed by atoms with Gasteiger partial charge in [0, 0.05) is 31.0 Å². The molecule has 8 heteroatoms. The lowest BCUT2D eigenvalue weighted by atomic mass is 9.99. The first kappa shape index (κ1) is 18.9. The van der Waals surface area contributed by atoms with Gasteiger partial charge in [-0.1, -0.05) is 24.3 Å². The lowest BCUT2D eigenvalue weighted by Gasteiger charge is -2.39. The van der Waals surface area contributed by atoms with Gasteiger partial charge in [-0.2, -0.15) is 4.98 Å². The van der Waals surface area contributed by atoms with Crippen LogP contribution in [-0.4, -0.2) is 45.9 Å². The van der Waals surface area contributed by atoms with Crippen LogP contribution in [0.25, 0.3) is 0 Å². The molecule has 0 radical (unpaired) electrons. The molecule has 0 saturated heterocycles. The van der Waals surface area contributed by atoms with Crippen molar-refractivity contribution in [3.05, 3.63) is 71.7 Å². The molecular weight excluding hydrogens is 404 g/mol. The molecule has 0 unspecified atom stereocenters. The topological polar surface area (TPSA) is 82.5 Å². The SMILES string of the molecule is C[C@@H]1C(=O)N(C)c2cnc(N3C(=O)c4ccccc4[C@@H]3c3cccnc3)nc2N1C1CC1. The van der Waals surface area contributed by atoms with E-state index in [4.69, 9.17) is 4.98 Å². The molecule has 1 aromatic carbocycles. The minimum atomic E-state index is -0.361. The van der Waals surface area contributed by atoms with E-state index in [1.165, 1.54) is 0 Å². The summed E-state index contributed by atoms with van der Waals surface area (Å²) >= 11 is 0. The highest BCUT2D eigenvalue weighted by molar-refractivity contribution is 6.11. The smallest absolute Gasteiger partial charge is 0.261 e. The second-order valence-corrected chi connectivity index (χ2v) is 8.54. The number of nitrogens with zero attached hydrogens (tertiary/aromatic N) is 6. The van der Waals surface area contributed by atoms with Gasteiger partial charge in [0.05, 0.1) is 12.2 Å². The number of likely N-dealkylation sites (N-methyl/N-ethyl adjacent to an activating group) is 1. The Kier molecular flexibility index (Phi) is 4.05. The fourth-order valence-electron chi connectivity index (χ4n) is 4.83. The zero-order chi connectivity index (χ0) is 22.0. The van der Waals surface area contributed by atoms with E-state index in [0.717, 1.165) is 24.0 Å². The van der Waals surface area contributed by atoms with Crippen LogP contribution in [0.1, 0.15) is 47.3 Å². The Morgan fingerprint density at radius 2 is 1.84 bits per heavy atom. The highest BCUT2D eigenvalue weighted by Crippen LogP contribution is 2.44. The Hall–Kier alpha value is -3.81. The molecule has 1 saturated carbocycles. The highest BCUT2D eigenvalue weighted by Gasteiger charge is 2.45. The first-order chi connectivity index (χ1) is 15.6. The van der Waals surface area contributed by atoms with Crippen molar-refractivity contribution in [2.24, 2.45) is 0 Å². The normalized spacial score (nSPS) is 22.2. The zero-order valence-corrected chi connectivity index (χ0v) is 17.8. The van der Waals surface area contributed by atoms with Gasteiger partial charge in [0.2, 0.25) is 11.9 Å². The van der Waals surface area contributed by atoms with Gasteiger partial charge >= 0.3 is 0 Å². The third-order valence-corrected chi connectivity index (χ3v) is 6.57. The van der Waals surface area contributed by atoms with Crippen LogP contribution < -0.4 is 14.7 Å². The average molecular weight is 426 g/mol. The Bertz CT molecular complexity index is 1240. The van der Waals surface area contributed by atoms with E-state index in [9.17, 15) is 9.59 Å². The first-order valence-electron chi connectivity index (χ1n) is 10.8. The van der Waals surface area contributed by atoms with Crippen molar-refractivity contribution < 1.29 is 9.59 Å². The predicted molar refractivity (Wildman–Crippen MR) is 120 cm³/mol. The number of benzene rings is 1. The number of fused-ring (bicyclic) bond motifs is 2. The second kappa shape index (κ2) is 6.85. The number of amides is 2. The minimum absolute atomic E-state index is 0.0265. The Labute approximate surface area is 185 Å². The van der Waals surface area contributed by atoms with Crippen molar-refractivity contribution in [3.63, 3.8) is 0 Å². The van der Waals surface area contributed by atoms with Crippen molar-refractivity contribution in [3.8, 4) is 0 Å². The summed E-state index contributed by atoms with van der Waals surface area (Å²) in [6.45, 7) is 1.91. The van der Waals surface area contributed by atoms with E-state index in [1.54, 1.807) is 35.4 Å². The quantitative estimate of drug-likeness (QED) is 0.640. The lowest BCUT2D eigenvalue weighted by molar-refractivity contribution is -0.119. The Balaban J connectivity index is 1.51. The molecule has 1 fully saturated rings. The maximum Gasteiger partial charge on any atom is 0.261 e. The zero-order valence-electron chi connectivity index (χ0n) is 17.8. The van der Waals surface area contributed by atoms with Crippen LogP contribution in [0.3, 0.4) is 0 Å². The fourth-order valence-corrected chi connectivity index (χ4v) is 4.83. The molecule has 4 heterocycles. The molecule has 2 aromatic heterocycles. The second-order valence-electron chi connectivity index (χ2n) is 8.54. The van der Waals surface area contributed by atoms with Gasteiger partial charge in [0.15, 0.2) is 5.82 Å². The molecular formula is C24H22N6O2. The van der Waals surface area contributed by atoms with Crippen molar-refractivity contribution in [2.45, 2.75) is 37.9 Å². The molecule has 0 spiro atoms. The molecule has 160 valence electrons. The summed E-state index contributed by atoms with van der Waals surface area (Å²) in [7, 11) is 1.75. The van der Waals surface area contributed by atoms with Crippen LogP contribution in [0.15, 0.2) is 55.0 Å². The standard InChI is InChI=1S/C24H22N6O2/c1-14-22(31)28(2)19-13-26-24(27-21(19)29(14)16-9-10-16)30-20(15-6-5-11-25-12-15)17-7-3-4-8-18(17)23(30)32/h3-8,11-14,16,20H,9-10H2,1-2H3/t14-,20+/m1/s1. The molecule has 6 rings (SSSR count). The molecule has 3 aliphatic rings. The monoisotopic (exact) mass is 426 g/mol. The van der Waals surface area contributed by atoms with E-state index < -0.39 is 0 Å². The summed E-state index contributed by atoms with van der Waals surface area (Å²) in [4.78, 5) is 45.3. The fraction of sp³-hybridized carbons (Fsp3) is 0.292. The van der Waals surface area contributed by atoms with E-state index in [1.807, 2.05) is 43.3 Å². The van der Waals surface area contributed by atoms with Crippen LogP contribution in [0.5, 0.6) is 0 Å². The van der Waals surface area contributed by atoms with Crippen molar-refractivity contribution in [1.82, 2.24) is 15.0 Å². The van der Waals surface area contributed by atoms with Gasteiger partial charge in [-0.3, -0.25) is 19.5 Å². The van der Waals surface area contributed by atoms with E-state index in [2.05, 4.69) is 14.9 Å². The van der Waals surface area contributed by atoms with Crippen LogP contribution in [-0.2, 0) is 4.79 Å². The van der Waals surface area contributed by atoms with Crippen molar-refractivity contribution in [1.29, 1.82) is 0 Å². The van der Waals surface area contributed by atoms with Gasteiger partial charge < -0.3 is 9.80 Å². The molecule has 32 heavy (non-hydrogen) atoms. The number of hydrogen-bond donors (Lipinski definition) is 0. The predicted octanol–water partition coefficient (Wildman–Crippen LogP) is 2.96. The summed E-state index contributed by atoms with van der Waals surface area (Å²) in [5, 5.41) is 0. The van der Waals surface area contributed by atoms with Gasteiger partial charge in [0.1, 0.15) is 11.7 Å². The van der Waals surface area contributed by atoms with Crippen LogP contribution >= 0.6 is 0 Å². The largest absolute Gasteiger partial charge is 0.340 e. The molecule has 0 N–H and O–H groups in total. The molecule has 8 nitrogen and oxygen atoms in total. The molecule has 2 amide bonds. The summed E-state index contributed by atoms with van der Waals surface area (Å²) < 4.78 is 0. The van der Waals surface area contributed by atoms with E-state index in [-0.39, 0.29) is 23.9 Å². The van der Waals surface area contributed by atoms with Crippen molar-refractivity contribution in [2.75, 3.05) is 21.7 Å². The molecule has 1 aliphatic carbocycles. The lowest BCUT2D eigenvalue weighted by Crippen LogP contribution is -2.52. The molecule has 3 aromatic rings. The highest BCUT2D eigenvalue weighted by atomic mass is 16.2. The summed E-state index contributed by atoms with van der Waals surface area (Å²) in [6.07, 6.45) is 7.22. The number of carbonyl (C=O) groups is 2. The number of anilines is 3. The number of pyridine rings is 1. The van der Waals surface area contributed by atoms with Crippen molar-refractivity contribution >= 4 is 29.3 Å². The van der Waals surface area contributed by atoms with E-state index >= 15 is 0 Å². The molecule has 0 bridgehead atoms. The van der Waals surface area contributed by atoms with Crippen LogP contribution in [0, 0.1) is 0 Å². The maximum atomic E-state index is 13.5. The third-order valence-electron chi connectivity index (χ3n) is 6.57. The number of rotatable bonds is 3. The van der Waals surface area contributed by atoms with E-state index in [0.29, 0.717) is 29.1 Å². The van der Waals surface area contributed by atoms with Gasteiger partial charge in [-0.25, -0.2) is 4.98 Å². The van der Waals surface area contributed by atoms with Crippen LogP contribution in [0.4, 0.5) is 17.5 Å². The summed E-state index contributed by atoms with van der Waals surface area (Å²) in [5.74, 6) is 0.930. The van der Waals surface area contributed by atoms with Gasteiger partial charge in [-0.05, 0) is 43.0 Å². The number of hydrogen-bond acceptors (Lipinski definition) is 6. The van der Waals surface area contributed by atoms with Gasteiger partial charge in [-0.15, -0.1) is 0 Å². The maximum absolute atomic E-state index is 13.5. The van der Waals surface area contributed by atoms with Gasteiger partial charge in [0.25, 0.3) is 5.91 Å². The number of aromatic nitrogens is 3. The Morgan fingerprint density at radius 1 is 1.03 bits per heavy atom. The molecule has 2 atom stereocenters.